The summed E-state index contributed by atoms with van der Waals surface area (Å²) in [5, 5.41) is 9.57. The van der Waals surface area contributed by atoms with Crippen molar-refractivity contribution in [3.05, 3.63) is 54.2 Å². The first kappa shape index (κ1) is 18.7. The monoisotopic (exact) mass is 390 g/mol. The van der Waals surface area contributed by atoms with Gasteiger partial charge in [0.2, 0.25) is 17.5 Å². The van der Waals surface area contributed by atoms with E-state index in [4.69, 9.17) is 13.9 Å². The van der Waals surface area contributed by atoms with Gasteiger partial charge in [0.1, 0.15) is 6.07 Å². The average molecular weight is 390 g/mol. The third-order valence-electron chi connectivity index (χ3n) is 5.03. The van der Waals surface area contributed by atoms with Gasteiger partial charge in [-0.1, -0.05) is 18.2 Å². The molecule has 0 aliphatic carbocycles. The van der Waals surface area contributed by atoms with Crippen molar-refractivity contribution in [1.29, 1.82) is 5.26 Å². The molecule has 1 saturated heterocycles. The Labute approximate surface area is 169 Å². The van der Waals surface area contributed by atoms with E-state index >= 15 is 0 Å². The van der Waals surface area contributed by atoms with Gasteiger partial charge in [0, 0.05) is 37.4 Å². The number of nitrogens with zero attached hydrogens (tertiary/aromatic N) is 4. The Balaban J connectivity index is 1.56. The maximum Gasteiger partial charge on any atom is 0.235 e. The van der Waals surface area contributed by atoms with Gasteiger partial charge >= 0.3 is 0 Å². The average Bonchev–Trinajstić information content (AvgIpc) is 3.24. The van der Waals surface area contributed by atoms with Crippen LogP contribution in [0.3, 0.4) is 0 Å². The van der Waals surface area contributed by atoms with Crippen molar-refractivity contribution in [2.75, 3.05) is 50.2 Å². The number of anilines is 2. The highest BCUT2D eigenvalue weighted by atomic mass is 16.5. The normalized spacial score (nSPS) is 13.8. The summed E-state index contributed by atoms with van der Waals surface area (Å²) >= 11 is 0. The number of benzene rings is 2. The molecule has 0 unspecified atom stereocenters. The Kier molecular flexibility index (Phi) is 5.25. The molecule has 7 nitrogen and oxygen atoms in total. The van der Waals surface area contributed by atoms with Gasteiger partial charge in [-0.3, -0.25) is 0 Å². The van der Waals surface area contributed by atoms with Crippen molar-refractivity contribution in [3.63, 3.8) is 0 Å². The fourth-order valence-electron chi connectivity index (χ4n) is 3.50. The van der Waals surface area contributed by atoms with Gasteiger partial charge in [0.25, 0.3) is 0 Å². The first-order valence-corrected chi connectivity index (χ1v) is 9.41. The number of methoxy groups -OCH3 is 2. The van der Waals surface area contributed by atoms with Crippen LogP contribution < -0.4 is 19.3 Å². The molecule has 2 aromatic carbocycles. The molecule has 0 N–H and O–H groups in total. The minimum absolute atomic E-state index is 0.294. The number of oxazole rings is 1. The minimum Gasteiger partial charge on any atom is -0.493 e. The molecular weight excluding hydrogens is 368 g/mol. The van der Waals surface area contributed by atoms with Crippen molar-refractivity contribution < 1.29 is 13.9 Å². The number of piperazine rings is 1. The molecule has 1 aromatic heterocycles. The second kappa shape index (κ2) is 8.15. The van der Waals surface area contributed by atoms with E-state index in [0.717, 1.165) is 31.7 Å². The molecule has 0 radical (unpaired) electrons. The van der Waals surface area contributed by atoms with E-state index in [1.807, 2.05) is 24.3 Å². The second-order valence-corrected chi connectivity index (χ2v) is 6.66. The van der Waals surface area contributed by atoms with E-state index in [1.54, 1.807) is 26.4 Å². The number of aromatic nitrogens is 1. The standard InChI is InChI=1S/C22H22N4O3/c1-27-19-9-8-16(14-20(19)28-2)21-24-18(15-23)22(29-21)26-12-10-25(11-13-26)17-6-4-3-5-7-17/h3-9,14H,10-13H2,1-2H3. The van der Waals surface area contributed by atoms with Crippen LogP contribution in [0.15, 0.2) is 52.9 Å². The zero-order chi connectivity index (χ0) is 20.2. The van der Waals surface area contributed by atoms with Gasteiger partial charge in [-0.15, -0.1) is 0 Å². The molecule has 2 heterocycles. The van der Waals surface area contributed by atoms with Crippen LogP contribution >= 0.6 is 0 Å². The Morgan fingerprint density at radius 2 is 1.62 bits per heavy atom. The number of nitriles is 1. The largest absolute Gasteiger partial charge is 0.493 e. The molecule has 3 aromatic rings. The molecule has 0 amide bonds. The van der Waals surface area contributed by atoms with Gasteiger partial charge < -0.3 is 23.7 Å². The van der Waals surface area contributed by atoms with E-state index in [-0.39, 0.29) is 0 Å². The summed E-state index contributed by atoms with van der Waals surface area (Å²) in [6.45, 7) is 3.21. The number of ether oxygens (including phenoxy) is 2. The van der Waals surface area contributed by atoms with Gasteiger partial charge in [-0.05, 0) is 30.3 Å². The smallest absolute Gasteiger partial charge is 0.235 e. The number of hydrogen-bond donors (Lipinski definition) is 0. The Morgan fingerprint density at radius 3 is 2.28 bits per heavy atom. The SMILES string of the molecule is COc1ccc(-c2nc(C#N)c(N3CCN(c4ccccc4)CC3)o2)cc1OC. The summed E-state index contributed by atoms with van der Waals surface area (Å²) in [5.74, 6) is 2.12. The molecule has 4 rings (SSSR count). The Hall–Kier alpha value is -3.66. The zero-order valence-electron chi connectivity index (χ0n) is 16.5. The molecule has 0 atom stereocenters. The van der Waals surface area contributed by atoms with Crippen molar-refractivity contribution in [3.8, 4) is 29.0 Å². The molecule has 0 bridgehead atoms. The maximum atomic E-state index is 9.57. The van der Waals surface area contributed by atoms with Gasteiger partial charge in [-0.25, -0.2) is 0 Å². The van der Waals surface area contributed by atoms with Crippen LogP contribution in [-0.2, 0) is 0 Å². The predicted octanol–water partition coefficient (Wildman–Crippen LogP) is 3.56. The number of rotatable bonds is 5. The quantitative estimate of drug-likeness (QED) is 0.659. The first-order valence-electron chi connectivity index (χ1n) is 9.41. The van der Waals surface area contributed by atoms with Crippen LogP contribution in [-0.4, -0.2) is 45.4 Å². The summed E-state index contributed by atoms with van der Waals surface area (Å²) < 4.78 is 16.7. The molecule has 148 valence electrons. The van der Waals surface area contributed by atoms with E-state index in [0.29, 0.717) is 29.0 Å². The van der Waals surface area contributed by atoms with Crippen LogP contribution in [0.25, 0.3) is 11.5 Å². The summed E-state index contributed by atoms with van der Waals surface area (Å²) in [4.78, 5) is 8.81. The van der Waals surface area contributed by atoms with Gasteiger partial charge in [0.05, 0.1) is 14.2 Å². The van der Waals surface area contributed by atoms with Crippen LogP contribution in [0.1, 0.15) is 5.69 Å². The van der Waals surface area contributed by atoms with Crippen molar-refractivity contribution in [2.24, 2.45) is 0 Å². The van der Waals surface area contributed by atoms with E-state index in [2.05, 4.69) is 33.0 Å². The van der Waals surface area contributed by atoms with Gasteiger partial charge in [-0.2, -0.15) is 10.2 Å². The summed E-state index contributed by atoms with van der Waals surface area (Å²) in [7, 11) is 3.17. The van der Waals surface area contributed by atoms with Crippen LogP contribution in [0.5, 0.6) is 11.5 Å². The van der Waals surface area contributed by atoms with Crippen LogP contribution in [0.2, 0.25) is 0 Å². The lowest BCUT2D eigenvalue weighted by atomic mass is 10.2. The van der Waals surface area contributed by atoms with Crippen molar-refractivity contribution >= 4 is 11.6 Å². The summed E-state index contributed by atoms with van der Waals surface area (Å²) in [5.41, 5.74) is 2.23. The lowest BCUT2D eigenvalue weighted by Gasteiger charge is -2.35. The molecule has 29 heavy (non-hydrogen) atoms. The number of para-hydroxylation sites is 1. The fourth-order valence-corrected chi connectivity index (χ4v) is 3.50. The second-order valence-electron chi connectivity index (χ2n) is 6.66. The first-order chi connectivity index (χ1) is 14.2. The van der Waals surface area contributed by atoms with E-state index < -0.39 is 0 Å². The lowest BCUT2D eigenvalue weighted by molar-refractivity contribution is 0.355. The number of hydrogen-bond acceptors (Lipinski definition) is 7. The molecule has 1 fully saturated rings. The topological polar surface area (TPSA) is 74.8 Å². The summed E-state index contributed by atoms with van der Waals surface area (Å²) in [6, 6.07) is 17.9. The molecule has 1 aliphatic heterocycles. The molecule has 1 aliphatic rings. The van der Waals surface area contributed by atoms with Crippen molar-refractivity contribution in [2.45, 2.75) is 0 Å². The molecule has 0 saturated carbocycles. The van der Waals surface area contributed by atoms with Crippen LogP contribution in [0.4, 0.5) is 11.6 Å². The maximum absolute atomic E-state index is 9.57. The highest BCUT2D eigenvalue weighted by Gasteiger charge is 2.25. The van der Waals surface area contributed by atoms with Crippen molar-refractivity contribution in [1.82, 2.24) is 4.98 Å². The highest BCUT2D eigenvalue weighted by molar-refractivity contribution is 5.63. The summed E-state index contributed by atoms with van der Waals surface area (Å²) in [6.07, 6.45) is 0. The Bertz CT molecular complexity index is 1020. The van der Waals surface area contributed by atoms with E-state index in [9.17, 15) is 5.26 Å². The van der Waals surface area contributed by atoms with Crippen LogP contribution in [0, 0.1) is 11.3 Å². The third kappa shape index (κ3) is 3.69. The predicted molar refractivity (Wildman–Crippen MR) is 111 cm³/mol. The minimum atomic E-state index is 0.294. The highest BCUT2D eigenvalue weighted by Crippen LogP contribution is 2.34. The molecular formula is C22H22N4O3. The third-order valence-corrected chi connectivity index (χ3v) is 5.03. The lowest BCUT2D eigenvalue weighted by Crippen LogP contribution is -2.46. The zero-order valence-corrected chi connectivity index (χ0v) is 16.5. The fraction of sp³-hybridized carbons (Fsp3) is 0.273. The Morgan fingerprint density at radius 1 is 0.931 bits per heavy atom. The molecule has 0 spiro atoms. The molecule has 7 heteroatoms. The van der Waals surface area contributed by atoms with Gasteiger partial charge in [0.15, 0.2) is 11.5 Å². The van der Waals surface area contributed by atoms with E-state index in [1.165, 1.54) is 5.69 Å².